The van der Waals surface area contributed by atoms with Crippen LogP contribution < -0.4 is 4.74 Å². The Morgan fingerprint density at radius 1 is 1.14 bits per heavy atom. The summed E-state index contributed by atoms with van der Waals surface area (Å²) in [6.45, 7) is 4.89. The number of hydrogen-bond acceptors (Lipinski definition) is 3. The number of nitrogens with zero attached hydrogens (tertiary/aromatic N) is 2. The summed E-state index contributed by atoms with van der Waals surface area (Å²) in [5.74, 6) is 0.767. The zero-order valence-corrected chi connectivity index (χ0v) is 12.9. The van der Waals surface area contributed by atoms with Gasteiger partial charge in [-0.05, 0) is 49.2 Å². The lowest BCUT2D eigenvalue weighted by Crippen LogP contribution is -2.23. The summed E-state index contributed by atoms with van der Waals surface area (Å²) in [7, 11) is 0. The van der Waals surface area contributed by atoms with Crippen molar-refractivity contribution in [2.75, 3.05) is 6.61 Å². The summed E-state index contributed by atoms with van der Waals surface area (Å²) in [5.41, 5.74) is 4.45. The van der Waals surface area contributed by atoms with Crippen molar-refractivity contribution in [1.29, 1.82) is 0 Å². The van der Waals surface area contributed by atoms with Gasteiger partial charge in [0.15, 0.2) is 0 Å². The Bertz CT molecular complexity index is 765. The monoisotopic (exact) mass is 296 g/mol. The van der Waals surface area contributed by atoms with Crippen LogP contribution in [0.5, 0.6) is 5.75 Å². The highest BCUT2D eigenvalue weighted by atomic mass is 16.5. The fraction of sp³-hybridized carbons (Fsp3) is 0.278. The van der Waals surface area contributed by atoms with Crippen LogP contribution in [0.3, 0.4) is 0 Å². The van der Waals surface area contributed by atoms with Crippen LogP contribution in [0.25, 0.3) is 11.0 Å². The number of para-hydroxylation sites is 1. The van der Waals surface area contributed by atoms with Gasteiger partial charge in [0.05, 0.1) is 23.9 Å². The molecule has 0 saturated heterocycles. The maximum Gasteiger partial charge on any atom is 0.119 e. The van der Waals surface area contributed by atoms with Crippen LogP contribution in [0.15, 0.2) is 48.8 Å². The fourth-order valence-corrected chi connectivity index (χ4v) is 2.45. The first kappa shape index (κ1) is 14.6. The Balaban J connectivity index is 1.69. The number of rotatable bonds is 5. The molecule has 4 heteroatoms. The van der Waals surface area contributed by atoms with Crippen molar-refractivity contribution in [2.24, 2.45) is 0 Å². The standard InChI is InChI=1S/C18H20N2O2/c1-13-8-17-18(9-14(13)2)20(12-19-17)10-15(21)11-22-16-6-4-3-5-7-16/h3-9,12,15,21H,10-11H2,1-2H3. The molecule has 0 spiro atoms. The van der Waals surface area contributed by atoms with E-state index >= 15 is 0 Å². The van der Waals surface area contributed by atoms with Crippen molar-refractivity contribution >= 4 is 11.0 Å². The maximum atomic E-state index is 10.2. The Labute approximate surface area is 130 Å². The van der Waals surface area contributed by atoms with E-state index < -0.39 is 6.10 Å². The average molecular weight is 296 g/mol. The molecular formula is C18H20N2O2. The van der Waals surface area contributed by atoms with E-state index in [1.807, 2.05) is 34.9 Å². The number of hydrogen-bond donors (Lipinski definition) is 1. The van der Waals surface area contributed by atoms with Crippen molar-refractivity contribution in [3.05, 3.63) is 59.9 Å². The van der Waals surface area contributed by atoms with Gasteiger partial charge in [0, 0.05) is 0 Å². The average Bonchev–Trinajstić information content (AvgIpc) is 2.89. The van der Waals surface area contributed by atoms with E-state index in [9.17, 15) is 5.11 Å². The lowest BCUT2D eigenvalue weighted by atomic mass is 10.1. The normalized spacial score (nSPS) is 12.5. The molecule has 0 saturated carbocycles. The molecule has 3 rings (SSSR count). The molecule has 0 amide bonds. The summed E-state index contributed by atoms with van der Waals surface area (Å²) in [6, 6.07) is 13.7. The molecular weight excluding hydrogens is 276 g/mol. The van der Waals surface area contributed by atoms with E-state index in [4.69, 9.17) is 4.74 Å². The predicted octanol–water partition coefficient (Wildman–Crippen LogP) is 3.09. The highest BCUT2D eigenvalue weighted by molar-refractivity contribution is 5.77. The van der Waals surface area contributed by atoms with E-state index in [-0.39, 0.29) is 6.61 Å². The van der Waals surface area contributed by atoms with Crippen molar-refractivity contribution in [3.63, 3.8) is 0 Å². The van der Waals surface area contributed by atoms with Crippen LogP contribution in [0.1, 0.15) is 11.1 Å². The third-order valence-corrected chi connectivity index (χ3v) is 3.83. The zero-order chi connectivity index (χ0) is 15.5. The van der Waals surface area contributed by atoms with Crippen LogP contribution in [0, 0.1) is 13.8 Å². The molecule has 0 aliphatic rings. The Kier molecular flexibility index (Phi) is 4.11. The van der Waals surface area contributed by atoms with Gasteiger partial charge in [0.1, 0.15) is 18.5 Å². The van der Waals surface area contributed by atoms with Crippen molar-refractivity contribution in [2.45, 2.75) is 26.5 Å². The minimum absolute atomic E-state index is 0.258. The van der Waals surface area contributed by atoms with Crippen LogP contribution in [0.4, 0.5) is 0 Å². The number of aryl methyl sites for hydroxylation is 2. The minimum atomic E-state index is -0.584. The topological polar surface area (TPSA) is 47.3 Å². The highest BCUT2D eigenvalue weighted by Crippen LogP contribution is 2.19. The van der Waals surface area contributed by atoms with E-state index in [0.29, 0.717) is 6.54 Å². The molecule has 0 bridgehead atoms. The molecule has 2 aromatic carbocycles. The van der Waals surface area contributed by atoms with E-state index in [2.05, 4.69) is 31.0 Å². The number of benzene rings is 2. The predicted molar refractivity (Wildman–Crippen MR) is 87.2 cm³/mol. The first-order valence-electron chi connectivity index (χ1n) is 7.41. The summed E-state index contributed by atoms with van der Waals surface area (Å²) >= 11 is 0. The van der Waals surface area contributed by atoms with Gasteiger partial charge in [0.25, 0.3) is 0 Å². The molecule has 114 valence electrons. The van der Waals surface area contributed by atoms with Gasteiger partial charge >= 0.3 is 0 Å². The van der Waals surface area contributed by atoms with Gasteiger partial charge < -0.3 is 14.4 Å². The molecule has 1 atom stereocenters. The number of aromatic nitrogens is 2. The van der Waals surface area contributed by atoms with Crippen molar-refractivity contribution in [1.82, 2.24) is 9.55 Å². The zero-order valence-electron chi connectivity index (χ0n) is 12.9. The second-order valence-electron chi connectivity index (χ2n) is 5.60. The van der Waals surface area contributed by atoms with Crippen molar-refractivity contribution < 1.29 is 9.84 Å². The third kappa shape index (κ3) is 3.12. The van der Waals surface area contributed by atoms with Gasteiger partial charge in [-0.3, -0.25) is 0 Å². The van der Waals surface area contributed by atoms with Gasteiger partial charge in [0.2, 0.25) is 0 Å². The van der Waals surface area contributed by atoms with Crippen LogP contribution in [0.2, 0.25) is 0 Å². The Hall–Kier alpha value is -2.33. The third-order valence-electron chi connectivity index (χ3n) is 3.83. The molecule has 1 aromatic heterocycles. The molecule has 0 aliphatic carbocycles. The largest absolute Gasteiger partial charge is 0.491 e. The quantitative estimate of drug-likeness (QED) is 0.787. The Morgan fingerprint density at radius 3 is 2.64 bits per heavy atom. The molecule has 0 aliphatic heterocycles. The summed E-state index contributed by atoms with van der Waals surface area (Å²) in [4.78, 5) is 4.40. The number of aliphatic hydroxyl groups excluding tert-OH is 1. The molecule has 4 nitrogen and oxygen atoms in total. The van der Waals surface area contributed by atoms with E-state index in [1.54, 1.807) is 6.33 Å². The summed E-state index contributed by atoms with van der Waals surface area (Å²) < 4.78 is 7.56. The summed E-state index contributed by atoms with van der Waals surface area (Å²) in [5, 5.41) is 10.2. The smallest absolute Gasteiger partial charge is 0.119 e. The van der Waals surface area contributed by atoms with Crippen LogP contribution >= 0.6 is 0 Å². The number of imidazole rings is 1. The van der Waals surface area contributed by atoms with Gasteiger partial charge in [-0.2, -0.15) is 0 Å². The lowest BCUT2D eigenvalue weighted by molar-refractivity contribution is 0.0934. The molecule has 1 N–H and O–H groups in total. The van der Waals surface area contributed by atoms with Gasteiger partial charge in [-0.1, -0.05) is 18.2 Å². The molecule has 0 fully saturated rings. The van der Waals surface area contributed by atoms with E-state index in [1.165, 1.54) is 11.1 Å². The van der Waals surface area contributed by atoms with Crippen molar-refractivity contribution in [3.8, 4) is 5.75 Å². The number of ether oxygens (including phenoxy) is 1. The first-order valence-corrected chi connectivity index (χ1v) is 7.41. The highest BCUT2D eigenvalue weighted by Gasteiger charge is 2.10. The molecule has 1 unspecified atom stereocenters. The lowest BCUT2D eigenvalue weighted by Gasteiger charge is -2.14. The molecule has 0 radical (unpaired) electrons. The molecule has 3 aromatic rings. The first-order chi connectivity index (χ1) is 10.6. The number of fused-ring (bicyclic) bond motifs is 1. The molecule has 1 heterocycles. The fourth-order valence-electron chi connectivity index (χ4n) is 2.45. The second-order valence-corrected chi connectivity index (χ2v) is 5.60. The van der Waals surface area contributed by atoms with Crippen LogP contribution in [-0.2, 0) is 6.54 Å². The summed E-state index contributed by atoms with van der Waals surface area (Å²) in [6.07, 6.45) is 1.19. The van der Waals surface area contributed by atoms with Gasteiger partial charge in [-0.25, -0.2) is 4.98 Å². The Morgan fingerprint density at radius 2 is 1.86 bits per heavy atom. The van der Waals surface area contributed by atoms with E-state index in [0.717, 1.165) is 16.8 Å². The van der Waals surface area contributed by atoms with Gasteiger partial charge in [-0.15, -0.1) is 0 Å². The number of aliphatic hydroxyl groups is 1. The molecule has 22 heavy (non-hydrogen) atoms. The second kappa shape index (κ2) is 6.20. The van der Waals surface area contributed by atoms with Crippen LogP contribution in [-0.4, -0.2) is 27.4 Å². The minimum Gasteiger partial charge on any atom is -0.491 e. The SMILES string of the molecule is Cc1cc2ncn(CC(O)COc3ccccc3)c2cc1C. The maximum absolute atomic E-state index is 10.2.